The molecule has 0 N–H and O–H groups in total. The zero-order chi connectivity index (χ0) is 12.0. The SMILES string of the molecule is CC(C)(C)[Si](Br)(C(C)(C)C)[Si](Br)(Br)Br. The van der Waals surface area contributed by atoms with Gasteiger partial charge in [0.2, 0.25) is 0 Å². The Balaban J connectivity index is 5.54. The molecule has 0 spiro atoms. The van der Waals surface area contributed by atoms with Crippen molar-refractivity contribution in [2.45, 2.75) is 51.6 Å². The average molecular weight is 490 g/mol. The topological polar surface area (TPSA) is 0 Å². The highest BCUT2D eigenvalue weighted by Gasteiger charge is 2.63. The molecule has 0 amide bonds. The van der Waals surface area contributed by atoms with Gasteiger partial charge in [0, 0.05) is 0 Å². The van der Waals surface area contributed by atoms with Crippen molar-refractivity contribution in [3.05, 3.63) is 0 Å². The van der Waals surface area contributed by atoms with Crippen LogP contribution in [0.25, 0.3) is 0 Å². The van der Waals surface area contributed by atoms with E-state index in [1.54, 1.807) is 0 Å². The van der Waals surface area contributed by atoms with Crippen LogP contribution in [0.2, 0.25) is 10.1 Å². The van der Waals surface area contributed by atoms with Crippen LogP contribution in [0.3, 0.4) is 0 Å². The van der Waals surface area contributed by atoms with Gasteiger partial charge < -0.3 is 0 Å². The first kappa shape index (κ1) is 16.4. The van der Waals surface area contributed by atoms with E-state index in [4.69, 9.17) is 0 Å². The first-order valence-electron chi connectivity index (χ1n) is 4.51. The summed E-state index contributed by atoms with van der Waals surface area (Å²) in [5.41, 5.74) is 0. The molecular formula is C8H18Br4Si2. The summed E-state index contributed by atoms with van der Waals surface area (Å²) in [5.74, 6) is 0. The molecule has 0 aliphatic heterocycles. The van der Waals surface area contributed by atoms with Crippen molar-refractivity contribution >= 4 is 70.8 Å². The fraction of sp³-hybridized carbons (Fsp3) is 1.00. The second-order valence-corrected chi connectivity index (χ2v) is 48.1. The van der Waals surface area contributed by atoms with Crippen LogP contribution in [0.1, 0.15) is 41.5 Å². The highest BCUT2D eigenvalue weighted by Crippen LogP contribution is 2.63. The minimum atomic E-state index is -1.69. The highest BCUT2D eigenvalue weighted by molar-refractivity contribution is 9.76. The Bertz CT molecular complexity index is 173. The van der Waals surface area contributed by atoms with Crippen LogP contribution in [-0.4, -0.2) is 9.66 Å². The maximum atomic E-state index is 4.11. The van der Waals surface area contributed by atoms with Crippen LogP contribution in [-0.2, 0) is 0 Å². The Morgan fingerprint density at radius 1 is 0.643 bits per heavy atom. The molecule has 0 aromatic rings. The van der Waals surface area contributed by atoms with Crippen LogP contribution >= 0.6 is 61.2 Å². The Hall–Kier alpha value is 2.35. The summed E-state index contributed by atoms with van der Waals surface area (Å²) in [6, 6.07) is 0. The largest absolute Gasteiger partial charge is 0.267 e. The van der Waals surface area contributed by atoms with Gasteiger partial charge in [-0.2, -0.15) is 0 Å². The lowest BCUT2D eigenvalue weighted by molar-refractivity contribution is 0.654. The lowest BCUT2D eigenvalue weighted by atomic mass is 10.2. The molecule has 0 radical (unpaired) electrons. The third-order valence-electron chi connectivity index (χ3n) is 2.46. The molecule has 0 aliphatic rings. The standard InChI is InChI=1S/C8H18Br4Si2/c1-7(2,3)13(9,8(4,5)6)14(10,11)12/h1-6H3. The van der Waals surface area contributed by atoms with E-state index < -0.39 is 9.66 Å². The van der Waals surface area contributed by atoms with E-state index in [0.717, 1.165) is 0 Å². The highest BCUT2D eigenvalue weighted by atomic mass is 80.0. The lowest BCUT2D eigenvalue weighted by Gasteiger charge is -2.50. The number of halogens is 4. The third kappa shape index (κ3) is 2.97. The first-order chi connectivity index (χ1) is 5.75. The summed E-state index contributed by atoms with van der Waals surface area (Å²) in [4.78, 5) is 0. The number of rotatable bonds is 1. The fourth-order valence-electron chi connectivity index (χ4n) is 1.98. The molecule has 0 aromatic carbocycles. The molecule has 0 saturated heterocycles. The number of hydrogen-bond acceptors (Lipinski definition) is 0. The molecule has 6 heteroatoms. The summed E-state index contributed by atoms with van der Waals surface area (Å²) in [7, 11) is 0. The summed E-state index contributed by atoms with van der Waals surface area (Å²) in [5, 5.41) is 0.599. The minimum absolute atomic E-state index is 0.300. The van der Waals surface area contributed by atoms with Gasteiger partial charge >= 0.3 is 0 Å². The predicted molar refractivity (Wildman–Crippen MR) is 86.6 cm³/mol. The maximum Gasteiger partial charge on any atom is 0.267 e. The second kappa shape index (κ2) is 4.55. The quantitative estimate of drug-likeness (QED) is 0.307. The van der Waals surface area contributed by atoms with Gasteiger partial charge in [-0.15, -0.1) is 15.3 Å². The molecule has 0 aliphatic carbocycles. The second-order valence-electron chi connectivity index (χ2n) is 5.66. The smallest absolute Gasteiger partial charge is 0.125 e. The number of hydrogen-bond donors (Lipinski definition) is 0. The molecule has 0 nitrogen and oxygen atoms in total. The van der Waals surface area contributed by atoms with Crippen molar-refractivity contribution in [3.8, 4) is 0 Å². The fourth-order valence-corrected chi connectivity index (χ4v) is 43.1. The van der Waals surface area contributed by atoms with Gasteiger partial charge in [0.15, 0.2) is 6.21 Å². The Morgan fingerprint density at radius 3 is 0.857 bits per heavy atom. The van der Waals surface area contributed by atoms with E-state index in [-0.39, 0.29) is 0 Å². The minimum Gasteiger partial charge on any atom is -0.125 e. The van der Waals surface area contributed by atoms with Gasteiger partial charge in [-0.3, -0.25) is 0 Å². The van der Waals surface area contributed by atoms with Gasteiger partial charge in [-0.1, -0.05) is 87.4 Å². The molecule has 0 fully saturated rings. The van der Waals surface area contributed by atoms with Gasteiger partial charge in [-0.25, -0.2) is 0 Å². The summed E-state index contributed by atoms with van der Waals surface area (Å²) in [6.07, 6.45) is -1.65. The molecule has 0 aromatic heterocycles. The van der Waals surface area contributed by atoms with Gasteiger partial charge in [-0.05, 0) is 10.1 Å². The van der Waals surface area contributed by atoms with Crippen LogP contribution in [0, 0.1) is 0 Å². The lowest BCUT2D eigenvalue weighted by Crippen LogP contribution is -2.59. The van der Waals surface area contributed by atoms with Crippen molar-refractivity contribution in [3.63, 3.8) is 0 Å². The Labute approximate surface area is 121 Å². The van der Waals surface area contributed by atoms with Gasteiger partial charge in [0.05, 0.1) is 0 Å². The molecule has 0 saturated carbocycles. The molecular weight excluding hydrogens is 472 g/mol. The van der Waals surface area contributed by atoms with Crippen LogP contribution < -0.4 is 0 Å². The Morgan fingerprint density at radius 2 is 0.857 bits per heavy atom. The van der Waals surface area contributed by atoms with Crippen LogP contribution in [0.5, 0.6) is 0 Å². The zero-order valence-electron chi connectivity index (χ0n) is 9.51. The van der Waals surface area contributed by atoms with E-state index in [9.17, 15) is 0 Å². The van der Waals surface area contributed by atoms with Crippen LogP contribution in [0.15, 0.2) is 0 Å². The van der Waals surface area contributed by atoms with E-state index >= 15 is 0 Å². The molecule has 0 unspecified atom stereocenters. The molecule has 14 heavy (non-hydrogen) atoms. The molecule has 86 valence electrons. The molecule has 0 rings (SSSR count). The third-order valence-corrected chi connectivity index (χ3v) is 57.1. The predicted octanol–water partition coefficient (Wildman–Crippen LogP) is 6.13. The molecule has 0 heterocycles. The average Bonchev–Trinajstić information content (AvgIpc) is 1.77. The summed E-state index contributed by atoms with van der Waals surface area (Å²) >= 11 is 15.7. The first-order valence-corrected chi connectivity index (χ1v) is 18.5. The summed E-state index contributed by atoms with van der Waals surface area (Å²) < 4.78 is -1.69. The van der Waals surface area contributed by atoms with E-state index in [2.05, 4.69) is 103 Å². The van der Waals surface area contributed by atoms with Crippen molar-refractivity contribution in [2.75, 3.05) is 0 Å². The molecule has 0 atom stereocenters. The monoisotopic (exact) mass is 486 g/mol. The normalized spacial score (nSPS) is 15.9. The Kier molecular flexibility index (Phi) is 5.32. The van der Waals surface area contributed by atoms with Gasteiger partial charge in [0.25, 0.3) is 3.45 Å². The molecule has 0 bridgehead atoms. The van der Waals surface area contributed by atoms with Gasteiger partial charge in [0.1, 0.15) is 0 Å². The zero-order valence-corrected chi connectivity index (χ0v) is 17.9. The van der Waals surface area contributed by atoms with E-state index in [1.165, 1.54) is 0 Å². The van der Waals surface area contributed by atoms with E-state index in [0.29, 0.717) is 10.1 Å². The van der Waals surface area contributed by atoms with Crippen molar-refractivity contribution in [1.29, 1.82) is 0 Å². The van der Waals surface area contributed by atoms with Crippen LogP contribution in [0.4, 0.5) is 0 Å². The van der Waals surface area contributed by atoms with Crippen molar-refractivity contribution < 1.29 is 0 Å². The van der Waals surface area contributed by atoms with Crippen molar-refractivity contribution in [1.82, 2.24) is 0 Å². The van der Waals surface area contributed by atoms with Crippen molar-refractivity contribution in [2.24, 2.45) is 0 Å². The van der Waals surface area contributed by atoms with E-state index in [1.807, 2.05) is 0 Å². The maximum absolute atomic E-state index is 4.11. The summed E-state index contributed by atoms with van der Waals surface area (Å²) in [6.45, 7) is 13.9.